The topological polar surface area (TPSA) is 17.1 Å². The molecule has 0 aliphatic rings. The standard InChI is InChI=1S/CH4ClOPS/c1-4(2,3)5/h1H3,(H,3,5). The zero-order valence-corrected chi connectivity index (χ0v) is 5.23. The van der Waals surface area contributed by atoms with Crippen LogP contribution in [-0.2, 0) is 4.57 Å². The van der Waals surface area contributed by atoms with Gasteiger partial charge in [-0.05, 0) is 11.2 Å². The molecule has 32 valence electrons. The van der Waals surface area contributed by atoms with Gasteiger partial charge in [0.05, 0.1) is 0 Å². The minimum atomic E-state index is -2.47. The second kappa shape index (κ2) is 1.55. The number of hydrogen-bond acceptors (Lipinski definition) is 1. The minimum Gasteiger partial charge on any atom is -0.295 e. The Balaban J connectivity index is 3.47. The fraction of sp³-hybridized carbons (Fsp3) is 1.00. The van der Waals surface area contributed by atoms with Gasteiger partial charge in [0.15, 0.2) is 0 Å². The third kappa shape index (κ3) is 53.0. The second-order valence-electron chi connectivity index (χ2n) is 0.778. The molecule has 1 atom stereocenters. The Morgan fingerprint density at radius 1 is 2.00 bits per heavy atom. The van der Waals surface area contributed by atoms with Gasteiger partial charge in [-0.1, -0.05) is 12.2 Å². The summed E-state index contributed by atoms with van der Waals surface area (Å²) < 4.78 is 9.84. The lowest BCUT2D eigenvalue weighted by Crippen LogP contribution is -1.37. The maximum Gasteiger partial charge on any atom is 0.216 e. The summed E-state index contributed by atoms with van der Waals surface area (Å²) in [5, 5.41) is 0. The van der Waals surface area contributed by atoms with Crippen LogP contribution in [0.4, 0.5) is 0 Å². The van der Waals surface area contributed by atoms with Crippen molar-refractivity contribution < 1.29 is 4.57 Å². The van der Waals surface area contributed by atoms with Crippen LogP contribution in [0.15, 0.2) is 0 Å². The van der Waals surface area contributed by atoms with Gasteiger partial charge in [0.25, 0.3) is 0 Å². The number of rotatable bonds is 0. The third-order valence-electron chi connectivity index (χ3n) is 0. The largest absolute Gasteiger partial charge is 0.295 e. The van der Waals surface area contributed by atoms with Gasteiger partial charge in [-0.3, -0.25) is 4.57 Å². The molecule has 0 radical (unpaired) electrons. The fourth-order valence-corrected chi connectivity index (χ4v) is 0. The monoisotopic (exact) mass is 130 g/mol. The SMILES string of the molecule is CP(=O)(S)Cl. The molecule has 0 aromatic heterocycles. The molecular weight excluding hydrogens is 127 g/mol. The van der Waals surface area contributed by atoms with Gasteiger partial charge >= 0.3 is 0 Å². The molecule has 0 amide bonds. The molecule has 5 heavy (non-hydrogen) atoms. The zero-order chi connectivity index (χ0) is 4.50. The molecule has 1 nitrogen and oxygen atoms in total. The first-order valence-electron chi connectivity index (χ1n) is 0.999. The molecule has 0 saturated heterocycles. The maximum atomic E-state index is 9.84. The molecular formula is CH4ClOPS. The molecule has 0 rings (SSSR count). The Morgan fingerprint density at radius 2 is 2.00 bits per heavy atom. The number of halogens is 1. The molecule has 0 heterocycles. The summed E-state index contributed by atoms with van der Waals surface area (Å²) in [4.78, 5) is 0. The molecule has 0 spiro atoms. The fourth-order valence-electron chi connectivity index (χ4n) is 0. The quantitative estimate of drug-likeness (QED) is 0.392. The van der Waals surface area contributed by atoms with E-state index in [-0.39, 0.29) is 0 Å². The summed E-state index contributed by atoms with van der Waals surface area (Å²) in [6.07, 6.45) is 0. The molecule has 0 N–H and O–H groups in total. The van der Waals surface area contributed by atoms with Gasteiger partial charge in [0, 0.05) is 6.66 Å². The Kier molecular flexibility index (Phi) is 1.81. The van der Waals surface area contributed by atoms with Crippen molar-refractivity contribution in [3.8, 4) is 0 Å². The van der Waals surface area contributed by atoms with Gasteiger partial charge in [-0.25, -0.2) is 0 Å². The van der Waals surface area contributed by atoms with Crippen LogP contribution < -0.4 is 0 Å². The molecule has 4 heteroatoms. The van der Waals surface area contributed by atoms with Crippen molar-refractivity contribution in [2.24, 2.45) is 0 Å². The van der Waals surface area contributed by atoms with Crippen LogP contribution in [0.3, 0.4) is 0 Å². The van der Waals surface area contributed by atoms with Crippen molar-refractivity contribution in [3.05, 3.63) is 0 Å². The van der Waals surface area contributed by atoms with E-state index >= 15 is 0 Å². The van der Waals surface area contributed by atoms with Crippen LogP contribution in [0.2, 0.25) is 0 Å². The minimum absolute atomic E-state index is 1.37. The van der Waals surface area contributed by atoms with Crippen molar-refractivity contribution in [1.82, 2.24) is 0 Å². The molecule has 1 unspecified atom stereocenters. The second-order valence-corrected chi connectivity index (χ2v) is 7.27. The number of hydrogen-bond donors (Lipinski definition) is 1. The summed E-state index contributed by atoms with van der Waals surface area (Å²) >= 11 is 8.39. The van der Waals surface area contributed by atoms with Crippen molar-refractivity contribution in [2.45, 2.75) is 0 Å². The van der Waals surface area contributed by atoms with E-state index in [1.807, 2.05) is 0 Å². The van der Waals surface area contributed by atoms with E-state index < -0.39 is 5.70 Å². The van der Waals surface area contributed by atoms with Crippen LogP contribution in [0, 0.1) is 0 Å². The van der Waals surface area contributed by atoms with E-state index in [9.17, 15) is 4.57 Å². The molecule has 0 aromatic rings. The highest BCUT2D eigenvalue weighted by Crippen LogP contribution is 2.51. The van der Waals surface area contributed by atoms with E-state index in [4.69, 9.17) is 11.2 Å². The van der Waals surface area contributed by atoms with Gasteiger partial charge in [0.1, 0.15) is 0 Å². The molecule has 0 bridgehead atoms. The van der Waals surface area contributed by atoms with Crippen LogP contribution in [0.25, 0.3) is 0 Å². The van der Waals surface area contributed by atoms with Crippen LogP contribution in [0.5, 0.6) is 0 Å². The zero-order valence-electron chi connectivity index (χ0n) is 2.68. The van der Waals surface area contributed by atoms with Crippen LogP contribution in [0.1, 0.15) is 0 Å². The summed E-state index contributed by atoms with van der Waals surface area (Å²) in [7, 11) is 0. The van der Waals surface area contributed by atoms with E-state index in [1.165, 1.54) is 6.66 Å². The van der Waals surface area contributed by atoms with E-state index in [0.29, 0.717) is 0 Å². The third-order valence-corrected chi connectivity index (χ3v) is 0. The highest BCUT2D eigenvalue weighted by Gasteiger charge is 1.95. The predicted octanol–water partition coefficient (Wildman–Crippen LogP) is 1.98. The van der Waals surface area contributed by atoms with Crippen molar-refractivity contribution in [2.75, 3.05) is 6.66 Å². The Bertz CT molecular complexity index is 57.8. The molecule has 0 aliphatic heterocycles. The average Bonchev–Trinajstić information content (AvgIpc) is 0.722. The molecule has 0 aliphatic carbocycles. The lowest BCUT2D eigenvalue weighted by Gasteiger charge is -1.81. The van der Waals surface area contributed by atoms with E-state index in [2.05, 4.69) is 12.2 Å². The lowest BCUT2D eigenvalue weighted by atomic mass is 12.0. The van der Waals surface area contributed by atoms with Crippen LogP contribution in [-0.4, -0.2) is 6.66 Å². The molecule has 0 fully saturated rings. The normalized spacial score (nSPS) is 21.4. The summed E-state index contributed by atoms with van der Waals surface area (Å²) in [6.45, 7) is 1.37. The first-order valence-corrected chi connectivity index (χ1v) is 5.21. The maximum absolute atomic E-state index is 9.84. The van der Waals surface area contributed by atoms with Gasteiger partial charge in [0.2, 0.25) is 5.70 Å². The Labute approximate surface area is 41.0 Å². The summed E-state index contributed by atoms with van der Waals surface area (Å²) in [5.41, 5.74) is -2.47. The van der Waals surface area contributed by atoms with Crippen molar-refractivity contribution >= 4 is 29.2 Å². The van der Waals surface area contributed by atoms with Crippen molar-refractivity contribution in [1.29, 1.82) is 0 Å². The van der Waals surface area contributed by atoms with E-state index in [0.717, 1.165) is 0 Å². The molecule has 0 aromatic carbocycles. The lowest BCUT2D eigenvalue weighted by molar-refractivity contribution is 0.596. The Hall–Kier alpha value is 0.870. The molecule has 0 saturated carbocycles. The average molecular weight is 131 g/mol. The van der Waals surface area contributed by atoms with Gasteiger partial charge in [-0.15, -0.1) is 0 Å². The van der Waals surface area contributed by atoms with Gasteiger partial charge < -0.3 is 0 Å². The van der Waals surface area contributed by atoms with E-state index in [1.54, 1.807) is 0 Å². The first kappa shape index (κ1) is 5.87. The van der Waals surface area contributed by atoms with Gasteiger partial charge in [-0.2, -0.15) is 0 Å². The number of thiol groups is 1. The van der Waals surface area contributed by atoms with Crippen LogP contribution >= 0.6 is 29.2 Å². The Morgan fingerprint density at radius 3 is 2.00 bits per heavy atom. The summed E-state index contributed by atoms with van der Waals surface area (Å²) in [5.74, 6) is 0. The summed E-state index contributed by atoms with van der Waals surface area (Å²) in [6, 6.07) is 0. The predicted molar refractivity (Wildman–Crippen MR) is 28.4 cm³/mol. The highest BCUT2D eigenvalue weighted by molar-refractivity contribution is 8.56. The smallest absolute Gasteiger partial charge is 0.216 e. The highest BCUT2D eigenvalue weighted by atomic mass is 35.7. The first-order chi connectivity index (χ1) is 2.00. The van der Waals surface area contributed by atoms with Crippen molar-refractivity contribution in [3.63, 3.8) is 0 Å².